The molecule has 27 heavy (non-hydrogen) atoms. The van der Waals surface area contributed by atoms with Crippen LogP contribution in [0.3, 0.4) is 0 Å². The van der Waals surface area contributed by atoms with E-state index < -0.39 is 0 Å². The molecule has 1 saturated heterocycles. The molecule has 0 bridgehead atoms. The number of aryl methyl sites for hydroxylation is 1. The number of piperidine rings is 1. The van der Waals surface area contributed by atoms with Gasteiger partial charge in [0, 0.05) is 25.1 Å². The molecule has 0 saturated carbocycles. The number of nitrogens with zero attached hydrogens (tertiary/aromatic N) is 2. The number of rotatable bonds is 3. The summed E-state index contributed by atoms with van der Waals surface area (Å²) in [6.07, 6.45) is 1.83. The van der Waals surface area contributed by atoms with Crippen molar-refractivity contribution in [2.75, 3.05) is 18.0 Å². The molecule has 0 aliphatic carbocycles. The van der Waals surface area contributed by atoms with Crippen LogP contribution in [0, 0.1) is 18.8 Å². The van der Waals surface area contributed by atoms with E-state index in [9.17, 15) is 4.79 Å². The highest BCUT2D eigenvalue weighted by Crippen LogP contribution is 2.25. The lowest BCUT2D eigenvalue weighted by Crippen LogP contribution is -2.40. The lowest BCUT2D eigenvalue weighted by molar-refractivity contribution is 0.353. The fourth-order valence-electron chi connectivity index (χ4n) is 4.43. The summed E-state index contributed by atoms with van der Waals surface area (Å²) in [5.41, 5.74) is 2.73. The van der Waals surface area contributed by atoms with E-state index in [0.29, 0.717) is 18.3 Å². The second-order valence-electron chi connectivity index (χ2n) is 8.12. The van der Waals surface area contributed by atoms with Crippen LogP contribution in [0.25, 0.3) is 10.8 Å². The molecule has 0 radical (unpaired) electrons. The fraction of sp³-hybridized carbons (Fsp3) is 0.391. The predicted molar refractivity (Wildman–Crippen MR) is 112 cm³/mol. The number of hydrogen-bond donors (Lipinski definition) is 1. The first-order chi connectivity index (χ1) is 13.0. The second kappa shape index (κ2) is 7.18. The zero-order valence-electron chi connectivity index (χ0n) is 16.3. The van der Waals surface area contributed by atoms with E-state index in [2.05, 4.69) is 54.1 Å². The molecule has 1 aliphatic rings. The lowest BCUT2D eigenvalue weighted by atomic mass is 9.92. The minimum Gasteiger partial charge on any atom is -0.342 e. The van der Waals surface area contributed by atoms with Gasteiger partial charge in [-0.05, 0) is 41.5 Å². The van der Waals surface area contributed by atoms with Crippen LogP contribution in [0.5, 0.6) is 0 Å². The largest absolute Gasteiger partial charge is 0.342 e. The Labute approximate surface area is 160 Å². The normalized spacial score (nSPS) is 20.2. The van der Waals surface area contributed by atoms with Gasteiger partial charge in [0.05, 0.1) is 5.69 Å². The smallest absolute Gasteiger partial charge is 0.256 e. The number of benzene rings is 2. The third-order valence-electron chi connectivity index (χ3n) is 5.63. The zero-order valence-corrected chi connectivity index (χ0v) is 16.3. The number of hydrogen-bond acceptors (Lipinski definition) is 3. The van der Waals surface area contributed by atoms with Crippen molar-refractivity contribution in [1.82, 2.24) is 9.97 Å². The fourth-order valence-corrected chi connectivity index (χ4v) is 4.43. The predicted octanol–water partition coefficient (Wildman–Crippen LogP) is 4.30. The van der Waals surface area contributed by atoms with Gasteiger partial charge in [0.15, 0.2) is 0 Å². The molecule has 1 fully saturated rings. The third kappa shape index (κ3) is 3.61. The van der Waals surface area contributed by atoms with Gasteiger partial charge in [0.2, 0.25) is 5.95 Å². The van der Waals surface area contributed by atoms with E-state index in [0.717, 1.165) is 35.9 Å². The highest BCUT2D eigenvalue weighted by Gasteiger charge is 2.24. The molecule has 3 aromatic rings. The van der Waals surface area contributed by atoms with E-state index >= 15 is 0 Å². The molecule has 2 heterocycles. The lowest BCUT2D eigenvalue weighted by Gasteiger charge is -2.35. The second-order valence-corrected chi connectivity index (χ2v) is 8.12. The number of nitrogens with one attached hydrogen (secondary N) is 1. The van der Waals surface area contributed by atoms with Crippen molar-refractivity contribution in [3.8, 4) is 0 Å². The zero-order chi connectivity index (χ0) is 19.0. The highest BCUT2D eigenvalue weighted by molar-refractivity contribution is 5.85. The summed E-state index contributed by atoms with van der Waals surface area (Å²) >= 11 is 0. The molecule has 1 N–H and O–H groups in total. The molecule has 0 amide bonds. The minimum absolute atomic E-state index is 0.0173. The first kappa shape index (κ1) is 17.8. The first-order valence-electron chi connectivity index (χ1n) is 9.82. The van der Waals surface area contributed by atoms with E-state index in [-0.39, 0.29) is 5.56 Å². The maximum Gasteiger partial charge on any atom is 0.256 e. The van der Waals surface area contributed by atoms with Gasteiger partial charge in [-0.2, -0.15) is 0 Å². The molecule has 4 nitrogen and oxygen atoms in total. The Balaban J connectivity index is 1.67. The number of fused-ring (bicyclic) bond motifs is 1. The Bertz CT molecular complexity index is 1010. The van der Waals surface area contributed by atoms with E-state index in [1.807, 2.05) is 19.1 Å². The van der Waals surface area contributed by atoms with Crippen LogP contribution in [0.2, 0.25) is 0 Å². The van der Waals surface area contributed by atoms with Gasteiger partial charge < -0.3 is 4.90 Å². The molecule has 2 atom stereocenters. The number of aromatic nitrogens is 2. The van der Waals surface area contributed by atoms with E-state index in [4.69, 9.17) is 4.98 Å². The maximum atomic E-state index is 12.9. The quantitative estimate of drug-likeness (QED) is 0.756. The third-order valence-corrected chi connectivity index (χ3v) is 5.63. The molecule has 140 valence electrons. The maximum absolute atomic E-state index is 12.9. The summed E-state index contributed by atoms with van der Waals surface area (Å²) < 4.78 is 0. The topological polar surface area (TPSA) is 49.0 Å². The molecular weight excluding hydrogens is 334 g/mol. The Hall–Kier alpha value is -2.62. The summed E-state index contributed by atoms with van der Waals surface area (Å²) in [6, 6.07) is 14.6. The van der Waals surface area contributed by atoms with Crippen LogP contribution < -0.4 is 10.5 Å². The summed E-state index contributed by atoms with van der Waals surface area (Å²) in [4.78, 5) is 22.9. The van der Waals surface area contributed by atoms with Gasteiger partial charge in [0.25, 0.3) is 5.56 Å². The van der Waals surface area contributed by atoms with E-state index in [1.54, 1.807) is 0 Å². The molecule has 0 unspecified atom stereocenters. The highest BCUT2D eigenvalue weighted by atomic mass is 16.1. The van der Waals surface area contributed by atoms with Crippen LogP contribution in [0.15, 0.2) is 47.3 Å². The Morgan fingerprint density at radius 1 is 1.07 bits per heavy atom. The van der Waals surface area contributed by atoms with Crippen molar-refractivity contribution in [1.29, 1.82) is 0 Å². The Kier molecular flexibility index (Phi) is 4.73. The van der Waals surface area contributed by atoms with Gasteiger partial charge in [0.1, 0.15) is 0 Å². The SMILES string of the molecule is Cc1nc(N2C[C@H](C)C[C@@H](C)C2)[nH]c(=O)c1Cc1cccc2ccccc12. The van der Waals surface area contributed by atoms with Crippen molar-refractivity contribution < 1.29 is 0 Å². The van der Waals surface area contributed by atoms with Gasteiger partial charge >= 0.3 is 0 Å². The summed E-state index contributed by atoms with van der Waals surface area (Å²) in [7, 11) is 0. The number of aromatic amines is 1. The molecular formula is C23H27N3O. The van der Waals surface area contributed by atoms with Crippen molar-refractivity contribution in [3.05, 3.63) is 69.6 Å². The standard InChI is InChI=1S/C23H27N3O/c1-15-11-16(2)14-26(13-15)23-24-17(3)21(22(27)25-23)12-19-9-6-8-18-7-4-5-10-20(18)19/h4-10,15-16H,11-14H2,1-3H3,(H,24,25,27)/t15-,16-/m1/s1. The van der Waals surface area contributed by atoms with Crippen molar-refractivity contribution >= 4 is 16.7 Å². The monoisotopic (exact) mass is 361 g/mol. The molecule has 2 aromatic carbocycles. The minimum atomic E-state index is -0.0173. The Morgan fingerprint density at radius 3 is 2.52 bits per heavy atom. The molecule has 0 spiro atoms. The Morgan fingerprint density at radius 2 is 1.78 bits per heavy atom. The molecule has 1 aromatic heterocycles. The number of H-pyrrole nitrogens is 1. The van der Waals surface area contributed by atoms with Gasteiger partial charge in [-0.1, -0.05) is 56.3 Å². The van der Waals surface area contributed by atoms with Gasteiger partial charge in [-0.25, -0.2) is 4.98 Å². The van der Waals surface area contributed by atoms with Crippen LogP contribution in [0.1, 0.15) is 37.1 Å². The average Bonchev–Trinajstić information content (AvgIpc) is 2.64. The summed E-state index contributed by atoms with van der Waals surface area (Å²) in [5, 5.41) is 2.39. The summed E-state index contributed by atoms with van der Waals surface area (Å²) in [5.74, 6) is 1.96. The first-order valence-corrected chi connectivity index (χ1v) is 9.82. The van der Waals surface area contributed by atoms with Gasteiger partial charge in [-0.3, -0.25) is 9.78 Å². The van der Waals surface area contributed by atoms with Crippen molar-refractivity contribution in [2.45, 2.75) is 33.6 Å². The van der Waals surface area contributed by atoms with Crippen molar-refractivity contribution in [3.63, 3.8) is 0 Å². The number of anilines is 1. The van der Waals surface area contributed by atoms with E-state index in [1.165, 1.54) is 17.2 Å². The average molecular weight is 361 g/mol. The van der Waals surface area contributed by atoms with Crippen LogP contribution in [0.4, 0.5) is 5.95 Å². The molecule has 1 aliphatic heterocycles. The van der Waals surface area contributed by atoms with Gasteiger partial charge in [-0.15, -0.1) is 0 Å². The molecule has 4 rings (SSSR count). The summed E-state index contributed by atoms with van der Waals surface area (Å²) in [6.45, 7) is 8.39. The molecule has 4 heteroatoms. The van der Waals surface area contributed by atoms with Crippen LogP contribution in [-0.4, -0.2) is 23.1 Å². The van der Waals surface area contributed by atoms with Crippen LogP contribution >= 0.6 is 0 Å². The van der Waals surface area contributed by atoms with Crippen LogP contribution in [-0.2, 0) is 6.42 Å². The van der Waals surface area contributed by atoms with Crippen molar-refractivity contribution in [2.24, 2.45) is 11.8 Å².